The third-order valence-corrected chi connectivity index (χ3v) is 4.20. The fraction of sp³-hybridized carbons (Fsp3) is 0.118. The van der Waals surface area contributed by atoms with E-state index in [1.165, 1.54) is 31.4 Å². The summed E-state index contributed by atoms with van der Waals surface area (Å²) in [5.74, 6) is -0.612. The molecule has 3 aromatic rings. The fourth-order valence-corrected chi connectivity index (χ4v) is 3.06. The Morgan fingerprint density at radius 1 is 1.19 bits per heavy atom. The first-order valence-corrected chi connectivity index (χ1v) is 9.40. The van der Waals surface area contributed by atoms with Crippen LogP contribution in [0.15, 0.2) is 42.5 Å². The minimum atomic E-state index is -3.52. The molecule has 1 aromatic heterocycles. The van der Waals surface area contributed by atoms with Gasteiger partial charge >= 0.3 is 0 Å². The van der Waals surface area contributed by atoms with Crippen molar-refractivity contribution in [3.8, 4) is 5.75 Å². The highest BCUT2D eigenvalue weighted by molar-refractivity contribution is 7.92. The molecule has 0 aliphatic heterocycles. The SMILES string of the molecule is COc1ccc(NC(=O)c2cc3c(F)cccc3[nH]2)cc1NS(C)(=O)=O. The summed E-state index contributed by atoms with van der Waals surface area (Å²) in [5.41, 5.74) is 1.22. The van der Waals surface area contributed by atoms with Gasteiger partial charge in [-0.25, -0.2) is 12.8 Å². The fourth-order valence-electron chi connectivity index (χ4n) is 2.50. The van der Waals surface area contributed by atoms with Gasteiger partial charge in [0.15, 0.2) is 0 Å². The number of rotatable bonds is 5. The van der Waals surface area contributed by atoms with E-state index in [9.17, 15) is 17.6 Å². The zero-order valence-corrected chi connectivity index (χ0v) is 14.8. The van der Waals surface area contributed by atoms with Crippen LogP contribution in [0.5, 0.6) is 5.75 Å². The van der Waals surface area contributed by atoms with Crippen molar-refractivity contribution in [3.63, 3.8) is 0 Å². The van der Waals surface area contributed by atoms with E-state index in [-0.39, 0.29) is 11.4 Å². The number of carbonyl (C=O) groups excluding carboxylic acids is 1. The second-order valence-electron chi connectivity index (χ2n) is 5.63. The van der Waals surface area contributed by atoms with Crippen LogP contribution in [0.1, 0.15) is 10.5 Å². The number of aromatic nitrogens is 1. The van der Waals surface area contributed by atoms with Gasteiger partial charge in [0, 0.05) is 16.6 Å². The topological polar surface area (TPSA) is 100 Å². The van der Waals surface area contributed by atoms with Crippen LogP contribution in [0.3, 0.4) is 0 Å². The predicted octanol–water partition coefficient (Wildman–Crippen LogP) is 2.94. The number of fused-ring (bicyclic) bond motifs is 1. The standard InChI is InChI=1S/C17H16FN3O4S/c1-25-16-7-6-10(8-14(16)21-26(2,23)24)19-17(22)15-9-11-12(18)4-3-5-13(11)20-15/h3-9,20-21H,1-2H3,(H,19,22). The van der Waals surface area contributed by atoms with Crippen LogP contribution in [0.2, 0.25) is 0 Å². The number of methoxy groups -OCH3 is 1. The lowest BCUT2D eigenvalue weighted by atomic mass is 10.2. The van der Waals surface area contributed by atoms with Gasteiger partial charge in [0.2, 0.25) is 10.0 Å². The molecule has 0 aliphatic rings. The second-order valence-corrected chi connectivity index (χ2v) is 7.38. The number of hydrogen-bond donors (Lipinski definition) is 3. The quantitative estimate of drug-likeness (QED) is 0.636. The van der Waals surface area contributed by atoms with Crippen LogP contribution in [0.25, 0.3) is 10.9 Å². The third kappa shape index (κ3) is 3.77. The lowest BCUT2D eigenvalue weighted by Crippen LogP contribution is -2.14. The average Bonchev–Trinajstić information content (AvgIpc) is 2.99. The molecule has 0 bridgehead atoms. The van der Waals surface area contributed by atoms with Crippen molar-refractivity contribution in [2.45, 2.75) is 0 Å². The minimum absolute atomic E-state index is 0.179. The molecule has 2 aromatic carbocycles. The molecular formula is C17H16FN3O4S. The molecule has 0 atom stereocenters. The van der Waals surface area contributed by atoms with Gasteiger partial charge in [-0.15, -0.1) is 0 Å². The van der Waals surface area contributed by atoms with Crippen molar-refractivity contribution in [2.24, 2.45) is 0 Å². The zero-order chi connectivity index (χ0) is 18.9. The van der Waals surface area contributed by atoms with E-state index >= 15 is 0 Å². The van der Waals surface area contributed by atoms with Gasteiger partial charge in [-0.3, -0.25) is 9.52 Å². The highest BCUT2D eigenvalue weighted by atomic mass is 32.2. The van der Waals surface area contributed by atoms with Crippen molar-refractivity contribution in [1.29, 1.82) is 0 Å². The molecule has 3 N–H and O–H groups in total. The number of aromatic amines is 1. The number of ether oxygens (including phenoxy) is 1. The van der Waals surface area contributed by atoms with Crippen molar-refractivity contribution in [1.82, 2.24) is 4.98 Å². The van der Waals surface area contributed by atoms with Crippen molar-refractivity contribution in [2.75, 3.05) is 23.4 Å². The number of halogens is 1. The van der Waals surface area contributed by atoms with Gasteiger partial charge in [0.1, 0.15) is 17.3 Å². The number of hydrogen-bond acceptors (Lipinski definition) is 4. The number of carbonyl (C=O) groups is 1. The van der Waals surface area contributed by atoms with Gasteiger partial charge < -0.3 is 15.0 Å². The van der Waals surface area contributed by atoms with Crippen LogP contribution in [-0.2, 0) is 10.0 Å². The maximum Gasteiger partial charge on any atom is 0.272 e. The Morgan fingerprint density at radius 2 is 1.96 bits per heavy atom. The summed E-state index contributed by atoms with van der Waals surface area (Å²) in [6, 6.07) is 10.4. The molecule has 0 unspecified atom stereocenters. The van der Waals surface area contributed by atoms with Crippen molar-refractivity contribution < 1.29 is 22.3 Å². The Hall–Kier alpha value is -3.07. The number of H-pyrrole nitrogens is 1. The van der Waals surface area contributed by atoms with E-state index in [0.717, 1.165) is 6.26 Å². The van der Waals surface area contributed by atoms with E-state index in [4.69, 9.17) is 4.74 Å². The van der Waals surface area contributed by atoms with E-state index in [0.29, 0.717) is 22.3 Å². The van der Waals surface area contributed by atoms with Crippen LogP contribution < -0.4 is 14.8 Å². The Morgan fingerprint density at radius 3 is 2.62 bits per heavy atom. The zero-order valence-electron chi connectivity index (χ0n) is 14.0. The molecule has 1 amide bonds. The molecule has 3 rings (SSSR count). The van der Waals surface area contributed by atoms with E-state index < -0.39 is 21.7 Å². The molecule has 26 heavy (non-hydrogen) atoms. The molecule has 0 saturated carbocycles. The van der Waals surface area contributed by atoms with Gasteiger partial charge in [-0.05, 0) is 36.4 Å². The summed E-state index contributed by atoms with van der Waals surface area (Å²) in [4.78, 5) is 15.3. The molecule has 9 heteroatoms. The van der Waals surface area contributed by atoms with Crippen LogP contribution >= 0.6 is 0 Å². The maximum absolute atomic E-state index is 13.8. The summed E-state index contributed by atoms with van der Waals surface area (Å²) in [6.45, 7) is 0. The Labute approximate surface area is 149 Å². The van der Waals surface area contributed by atoms with Gasteiger partial charge in [-0.2, -0.15) is 0 Å². The van der Waals surface area contributed by atoms with Gasteiger partial charge in [0.05, 0.1) is 19.1 Å². The Balaban J connectivity index is 1.88. The van der Waals surface area contributed by atoms with Gasteiger partial charge in [0.25, 0.3) is 5.91 Å². The largest absolute Gasteiger partial charge is 0.495 e. The number of nitrogens with one attached hydrogen (secondary N) is 3. The smallest absolute Gasteiger partial charge is 0.272 e. The first-order chi connectivity index (χ1) is 12.3. The summed E-state index contributed by atoms with van der Waals surface area (Å²) >= 11 is 0. The summed E-state index contributed by atoms with van der Waals surface area (Å²) < 4.78 is 44.1. The molecule has 7 nitrogen and oxygen atoms in total. The van der Waals surface area contributed by atoms with Crippen molar-refractivity contribution in [3.05, 3.63) is 54.0 Å². The first kappa shape index (κ1) is 17.7. The molecule has 136 valence electrons. The normalized spacial score (nSPS) is 11.3. The lowest BCUT2D eigenvalue weighted by Gasteiger charge is -2.12. The molecule has 0 spiro atoms. The Kier molecular flexibility index (Phi) is 4.56. The lowest BCUT2D eigenvalue weighted by molar-refractivity contribution is 0.102. The highest BCUT2D eigenvalue weighted by Gasteiger charge is 2.14. The number of benzene rings is 2. The number of anilines is 2. The van der Waals surface area contributed by atoms with Crippen LogP contribution in [-0.4, -0.2) is 32.7 Å². The van der Waals surface area contributed by atoms with E-state index in [1.807, 2.05) is 0 Å². The molecule has 1 heterocycles. The molecule has 0 fully saturated rings. The molecule has 0 saturated heterocycles. The summed E-state index contributed by atoms with van der Waals surface area (Å²) in [5, 5.41) is 2.94. The number of sulfonamides is 1. The molecular weight excluding hydrogens is 361 g/mol. The number of amides is 1. The summed E-state index contributed by atoms with van der Waals surface area (Å²) in [6.07, 6.45) is 1.01. The van der Waals surface area contributed by atoms with Crippen molar-refractivity contribution >= 4 is 38.2 Å². The monoisotopic (exact) mass is 377 g/mol. The molecule has 0 radical (unpaired) electrons. The van der Waals surface area contributed by atoms with Crippen LogP contribution in [0.4, 0.5) is 15.8 Å². The highest BCUT2D eigenvalue weighted by Crippen LogP contribution is 2.29. The maximum atomic E-state index is 13.8. The summed E-state index contributed by atoms with van der Waals surface area (Å²) in [7, 11) is -2.12. The van der Waals surface area contributed by atoms with E-state index in [2.05, 4.69) is 15.0 Å². The predicted molar refractivity (Wildman–Crippen MR) is 97.7 cm³/mol. The Bertz CT molecular complexity index is 1090. The second kappa shape index (κ2) is 6.68. The van der Waals surface area contributed by atoms with Gasteiger partial charge in [-0.1, -0.05) is 6.07 Å². The molecule has 0 aliphatic carbocycles. The van der Waals surface area contributed by atoms with Crippen LogP contribution in [0, 0.1) is 5.82 Å². The van der Waals surface area contributed by atoms with E-state index in [1.54, 1.807) is 18.2 Å². The minimum Gasteiger partial charge on any atom is -0.495 e. The average molecular weight is 377 g/mol. The third-order valence-electron chi connectivity index (χ3n) is 3.61. The first-order valence-electron chi connectivity index (χ1n) is 7.51.